The van der Waals surface area contributed by atoms with Crippen LogP contribution in [0.25, 0.3) is 11.0 Å². The Hall–Kier alpha value is -2.38. The number of benzene rings is 1. The molecule has 1 aromatic carbocycles. The third-order valence-corrected chi connectivity index (χ3v) is 4.80. The number of aromatic nitrogens is 3. The molecule has 0 N–H and O–H groups in total. The fraction of sp³-hybridized carbons (Fsp3) is 0.444. The predicted molar refractivity (Wildman–Crippen MR) is 92.6 cm³/mol. The second kappa shape index (κ2) is 6.50. The highest BCUT2D eigenvalue weighted by Gasteiger charge is 2.36. The molecule has 0 bridgehead atoms. The van der Waals surface area contributed by atoms with Crippen molar-refractivity contribution in [2.45, 2.75) is 18.6 Å². The number of hydrogen-bond donors (Lipinski definition) is 0. The minimum absolute atomic E-state index is 0.112. The van der Waals surface area contributed by atoms with E-state index in [0.29, 0.717) is 0 Å². The van der Waals surface area contributed by atoms with Crippen molar-refractivity contribution in [1.82, 2.24) is 19.9 Å². The minimum Gasteiger partial charge on any atom is -0.497 e. The van der Waals surface area contributed by atoms with Crippen molar-refractivity contribution in [2.24, 2.45) is 7.05 Å². The van der Waals surface area contributed by atoms with Crippen molar-refractivity contribution < 1.29 is 13.9 Å². The molecule has 3 aromatic rings. The molecule has 3 heterocycles. The molecule has 7 nitrogen and oxygen atoms in total. The lowest BCUT2D eigenvalue weighted by atomic mass is 10.0. The first kappa shape index (κ1) is 16.1. The van der Waals surface area contributed by atoms with Crippen LogP contribution >= 0.6 is 0 Å². The number of ether oxygens (including phenoxy) is 2. The summed E-state index contributed by atoms with van der Waals surface area (Å²) in [6.07, 6.45) is 2.08. The highest BCUT2D eigenvalue weighted by atomic mass is 16.5. The van der Waals surface area contributed by atoms with E-state index in [1.807, 2.05) is 31.4 Å². The summed E-state index contributed by atoms with van der Waals surface area (Å²) in [6, 6.07) is 7.93. The Morgan fingerprint density at radius 3 is 2.84 bits per heavy atom. The summed E-state index contributed by atoms with van der Waals surface area (Å²) in [7, 11) is 5.31. The molecular formula is C18H22N4O3. The van der Waals surface area contributed by atoms with E-state index in [9.17, 15) is 0 Å². The van der Waals surface area contributed by atoms with Crippen molar-refractivity contribution >= 4 is 11.0 Å². The van der Waals surface area contributed by atoms with Gasteiger partial charge in [0.1, 0.15) is 17.1 Å². The van der Waals surface area contributed by atoms with Gasteiger partial charge in [0, 0.05) is 44.7 Å². The molecule has 1 saturated heterocycles. The van der Waals surface area contributed by atoms with E-state index in [2.05, 4.69) is 21.3 Å². The van der Waals surface area contributed by atoms with Crippen LogP contribution in [0.4, 0.5) is 0 Å². The zero-order valence-electron chi connectivity index (χ0n) is 14.7. The van der Waals surface area contributed by atoms with Gasteiger partial charge in [-0.2, -0.15) is 0 Å². The van der Waals surface area contributed by atoms with Crippen LogP contribution in [0.2, 0.25) is 0 Å². The van der Waals surface area contributed by atoms with Crippen LogP contribution in [0.15, 0.2) is 34.9 Å². The summed E-state index contributed by atoms with van der Waals surface area (Å²) in [5.74, 6) is 2.00. The Kier molecular flexibility index (Phi) is 4.19. The van der Waals surface area contributed by atoms with Crippen LogP contribution in [0, 0.1) is 0 Å². The first-order valence-electron chi connectivity index (χ1n) is 8.34. The molecule has 0 spiro atoms. The van der Waals surface area contributed by atoms with Gasteiger partial charge in [0.05, 0.1) is 25.5 Å². The first-order chi connectivity index (χ1) is 12.2. The lowest BCUT2D eigenvalue weighted by molar-refractivity contribution is 0.0951. The van der Waals surface area contributed by atoms with Gasteiger partial charge in [-0.05, 0) is 24.3 Å². The number of furan rings is 1. The van der Waals surface area contributed by atoms with Crippen LogP contribution in [-0.4, -0.2) is 53.3 Å². The lowest BCUT2D eigenvalue weighted by Crippen LogP contribution is -2.22. The van der Waals surface area contributed by atoms with Crippen LogP contribution in [0.1, 0.15) is 17.4 Å². The van der Waals surface area contributed by atoms with Gasteiger partial charge in [-0.25, -0.2) is 0 Å². The lowest BCUT2D eigenvalue weighted by Gasteiger charge is -2.13. The van der Waals surface area contributed by atoms with E-state index in [1.165, 1.54) is 0 Å². The fourth-order valence-electron chi connectivity index (χ4n) is 3.54. The summed E-state index contributed by atoms with van der Waals surface area (Å²) in [6.45, 7) is 2.46. The maximum absolute atomic E-state index is 5.97. The van der Waals surface area contributed by atoms with Crippen molar-refractivity contribution in [3.8, 4) is 5.75 Å². The molecule has 2 aromatic heterocycles. The van der Waals surface area contributed by atoms with E-state index >= 15 is 0 Å². The summed E-state index contributed by atoms with van der Waals surface area (Å²) >= 11 is 0. The number of hydrogen-bond acceptors (Lipinski definition) is 6. The predicted octanol–water partition coefficient (Wildman–Crippen LogP) is 2.18. The van der Waals surface area contributed by atoms with Crippen molar-refractivity contribution in [2.75, 3.05) is 27.3 Å². The molecule has 0 saturated carbocycles. The molecule has 1 aliphatic rings. The van der Waals surface area contributed by atoms with Gasteiger partial charge in [0.2, 0.25) is 0 Å². The molecule has 0 unspecified atom stereocenters. The standard InChI is InChI=1S/C18H22N4O3/c1-21-10-16(19-20-21)15-9-22(11-18(15)24-3)8-14-7-12-6-13(23-2)4-5-17(12)25-14/h4-7,10,15,18H,8-9,11H2,1-3H3/t15-,18+/m0/s1. The Labute approximate surface area is 146 Å². The quantitative estimate of drug-likeness (QED) is 0.708. The van der Waals surface area contributed by atoms with Crippen LogP contribution in [0.5, 0.6) is 5.75 Å². The van der Waals surface area contributed by atoms with Gasteiger partial charge in [0.25, 0.3) is 0 Å². The summed E-state index contributed by atoms with van der Waals surface area (Å²) in [5.41, 5.74) is 1.86. The number of aryl methyl sites for hydroxylation is 1. The largest absolute Gasteiger partial charge is 0.497 e. The number of fused-ring (bicyclic) bond motifs is 1. The molecule has 4 rings (SSSR count). The number of nitrogens with zero attached hydrogens (tertiary/aromatic N) is 4. The van der Waals surface area contributed by atoms with Crippen molar-refractivity contribution in [1.29, 1.82) is 0 Å². The second-order valence-electron chi connectivity index (χ2n) is 6.51. The van der Waals surface area contributed by atoms with Crippen LogP contribution in [0.3, 0.4) is 0 Å². The molecule has 25 heavy (non-hydrogen) atoms. The number of rotatable bonds is 5. The maximum Gasteiger partial charge on any atom is 0.134 e. The van der Waals surface area contributed by atoms with E-state index in [0.717, 1.165) is 47.8 Å². The molecule has 1 fully saturated rings. The van der Waals surface area contributed by atoms with E-state index in [1.54, 1.807) is 18.9 Å². The summed E-state index contributed by atoms with van der Waals surface area (Å²) in [5, 5.41) is 9.36. The highest BCUT2D eigenvalue weighted by Crippen LogP contribution is 2.30. The molecule has 0 aliphatic carbocycles. The Bertz CT molecular complexity index is 872. The van der Waals surface area contributed by atoms with Crippen LogP contribution in [-0.2, 0) is 18.3 Å². The molecule has 2 atom stereocenters. The minimum atomic E-state index is 0.112. The zero-order valence-corrected chi connectivity index (χ0v) is 14.7. The zero-order chi connectivity index (χ0) is 17.4. The SMILES string of the molecule is COc1ccc2oc(CN3C[C@@H](OC)[C@H](c4cn(C)nn4)C3)cc2c1. The normalized spacial score (nSPS) is 21.2. The van der Waals surface area contributed by atoms with Gasteiger partial charge < -0.3 is 13.9 Å². The van der Waals surface area contributed by atoms with Crippen LogP contribution < -0.4 is 4.74 Å². The van der Waals surface area contributed by atoms with Gasteiger partial charge in [-0.1, -0.05) is 5.21 Å². The molecule has 7 heteroatoms. The van der Waals surface area contributed by atoms with Gasteiger partial charge in [-0.3, -0.25) is 9.58 Å². The first-order valence-corrected chi connectivity index (χ1v) is 8.34. The average molecular weight is 342 g/mol. The molecule has 132 valence electrons. The van der Waals surface area contributed by atoms with Gasteiger partial charge in [-0.15, -0.1) is 5.10 Å². The number of methoxy groups -OCH3 is 2. The monoisotopic (exact) mass is 342 g/mol. The third kappa shape index (κ3) is 3.12. The average Bonchev–Trinajstić information content (AvgIpc) is 3.31. The van der Waals surface area contributed by atoms with E-state index in [4.69, 9.17) is 13.9 Å². The van der Waals surface area contributed by atoms with E-state index < -0.39 is 0 Å². The van der Waals surface area contributed by atoms with E-state index in [-0.39, 0.29) is 12.0 Å². The second-order valence-corrected chi connectivity index (χ2v) is 6.51. The molecule has 0 amide bonds. The maximum atomic E-state index is 5.97. The molecule has 0 radical (unpaired) electrons. The topological polar surface area (TPSA) is 65.6 Å². The highest BCUT2D eigenvalue weighted by molar-refractivity contribution is 5.79. The summed E-state index contributed by atoms with van der Waals surface area (Å²) < 4.78 is 18.7. The Balaban J connectivity index is 1.51. The summed E-state index contributed by atoms with van der Waals surface area (Å²) in [4.78, 5) is 2.34. The number of likely N-dealkylation sites (tertiary alicyclic amines) is 1. The Morgan fingerprint density at radius 1 is 1.24 bits per heavy atom. The smallest absolute Gasteiger partial charge is 0.134 e. The molecular weight excluding hydrogens is 320 g/mol. The van der Waals surface area contributed by atoms with Crippen molar-refractivity contribution in [3.05, 3.63) is 41.9 Å². The van der Waals surface area contributed by atoms with Gasteiger partial charge in [0.15, 0.2) is 0 Å². The van der Waals surface area contributed by atoms with Crippen molar-refractivity contribution in [3.63, 3.8) is 0 Å². The van der Waals surface area contributed by atoms with Gasteiger partial charge >= 0.3 is 0 Å². The fourth-order valence-corrected chi connectivity index (χ4v) is 3.54. The Morgan fingerprint density at radius 2 is 2.12 bits per heavy atom. The third-order valence-electron chi connectivity index (χ3n) is 4.80. The molecule has 1 aliphatic heterocycles.